The molecule has 0 N–H and O–H groups in total. The predicted octanol–water partition coefficient (Wildman–Crippen LogP) is 6.38. The van der Waals surface area contributed by atoms with Crippen LogP contribution in [0, 0.1) is 0 Å². The van der Waals surface area contributed by atoms with Gasteiger partial charge in [0, 0.05) is 6.42 Å². The molecule has 174 valence electrons. The van der Waals surface area contributed by atoms with Crippen molar-refractivity contribution in [3.05, 3.63) is 83.9 Å². The summed E-state index contributed by atoms with van der Waals surface area (Å²) in [6.45, 7) is 5.42. The summed E-state index contributed by atoms with van der Waals surface area (Å²) >= 11 is 0. The Kier molecular flexibility index (Phi) is 9.64. The lowest BCUT2D eigenvalue weighted by molar-refractivity contribution is -0.142. The van der Waals surface area contributed by atoms with Gasteiger partial charge in [0.05, 0.1) is 26.2 Å². The fraction of sp³-hybridized carbons (Fsp3) is 0.321. The fourth-order valence-corrected chi connectivity index (χ4v) is 3.40. The number of hydrogen-bond donors (Lipinski definition) is 0. The quantitative estimate of drug-likeness (QED) is 0.224. The van der Waals surface area contributed by atoms with E-state index in [4.69, 9.17) is 18.9 Å². The summed E-state index contributed by atoms with van der Waals surface area (Å²) < 4.78 is 22.8. The van der Waals surface area contributed by atoms with Crippen molar-refractivity contribution < 1.29 is 23.7 Å². The van der Waals surface area contributed by atoms with Crippen LogP contribution in [-0.4, -0.2) is 25.8 Å². The second kappa shape index (κ2) is 13.2. The van der Waals surface area contributed by atoms with Crippen molar-refractivity contribution in [1.29, 1.82) is 0 Å². The zero-order valence-electron chi connectivity index (χ0n) is 19.4. The molecule has 0 fully saturated rings. The molecule has 0 unspecified atom stereocenters. The number of ether oxygens (including phenoxy) is 4. The molecule has 0 aliphatic heterocycles. The molecule has 0 aromatic heterocycles. The van der Waals surface area contributed by atoms with E-state index in [-0.39, 0.29) is 12.4 Å². The van der Waals surface area contributed by atoms with Crippen LogP contribution in [0.25, 0.3) is 0 Å². The van der Waals surface area contributed by atoms with Crippen molar-refractivity contribution in [2.75, 3.05) is 19.8 Å². The Morgan fingerprint density at radius 2 is 1.58 bits per heavy atom. The lowest BCUT2D eigenvalue weighted by Crippen LogP contribution is -2.08. The molecule has 3 rings (SSSR count). The highest BCUT2D eigenvalue weighted by atomic mass is 16.5. The van der Waals surface area contributed by atoms with Gasteiger partial charge in [-0.3, -0.25) is 4.79 Å². The van der Waals surface area contributed by atoms with Crippen LogP contribution < -0.4 is 14.2 Å². The first-order chi connectivity index (χ1) is 16.2. The van der Waals surface area contributed by atoms with Crippen LogP contribution in [-0.2, 0) is 22.4 Å². The molecule has 0 aliphatic carbocycles. The molecule has 3 aromatic carbocycles. The Morgan fingerprint density at radius 1 is 0.788 bits per heavy atom. The Morgan fingerprint density at radius 3 is 2.36 bits per heavy atom. The van der Waals surface area contributed by atoms with Gasteiger partial charge in [-0.2, -0.15) is 0 Å². The van der Waals surface area contributed by atoms with Gasteiger partial charge >= 0.3 is 5.97 Å². The highest BCUT2D eigenvalue weighted by molar-refractivity contribution is 5.72. The highest BCUT2D eigenvalue weighted by Crippen LogP contribution is 2.29. The Balaban J connectivity index is 1.47. The van der Waals surface area contributed by atoms with Crippen molar-refractivity contribution in [3.8, 4) is 23.0 Å². The van der Waals surface area contributed by atoms with E-state index in [2.05, 4.69) is 13.0 Å². The van der Waals surface area contributed by atoms with Crippen LogP contribution in [0.3, 0.4) is 0 Å². The number of para-hydroxylation sites is 1. The standard InChI is InChI=1S/C28H32O5/c1-3-10-23-21-26(33-24-12-6-5-7-13-24)15-16-27(23)32-18-9-17-31-25-14-8-11-22(19-25)20-28(29)30-4-2/h5-8,11-16,19,21H,3-4,9-10,17-18,20H2,1-2H3. The van der Waals surface area contributed by atoms with Gasteiger partial charge in [-0.15, -0.1) is 0 Å². The lowest BCUT2D eigenvalue weighted by Gasteiger charge is -2.14. The topological polar surface area (TPSA) is 54.0 Å². The smallest absolute Gasteiger partial charge is 0.310 e. The molecule has 0 atom stereocenters. The van der Waals surface area contributed by atoms with E-state index in [1.54, 1.807) is 6.92 Å². The maximum Gasteiger partial charge on any atom is 0.310 e. The van der Waals surface area contributed by atoms with Crippen molar-refractivity contribution in [3.63, 3.8) is 0 Å². The van der Waals surface area contributed by atoms with Crippen LogP contribution in [0.15, 0.2) is 72.8 Å². The second-order valence-corrected chi connectivity index (χ2v) is 7.61. The average molecular weight is 449 g/mol. The zero-order chi connectivity index (χ0) is 23.3. The van der Waals surface area contributed by atoms with Crippen molar-refractivity contribution in [2.45, 2.75) is 39.5 Å². The summed E-state index contributed by atoms with van der Waals surface area (Å²) in [4.78, 5) is 11.7. The number of aryl methyl sites for hydroxylation is 1. The highest BCUT2D eigenvalue weighted by Gasteiger charge is 2.08. The van der Waals surface area contributed by atoms with Crippen LogP contribution in [0.2, 0.25) is 0 Å². The fourth-order valence-electron chi connectivity index (χ4n) is 3.40. The molecule has 0 amide bonds. The molecule has 0 saturated heterocycles. The molecule has 0 saturated carbocycles. The number of carbonyl (C=O) groups is 1. The maximum absolute atomic E-state index is 11.7. The molecule has 5 heteroatoms. The van der Waals surface area contributed by atoms with Crippen LogP contribution >= 0.6 is 0 Å². The molecular formula is C28H32O5. The van der Waals surface area contributed by atoms with Crippen LogP contribution in [0.1, 0.15) is 37.8 Å². The SMILES string of the molecule is CCCc1cc(Oc2ccccc2)ccc1OCCCOc1cccc(CC(=O)OCC)c1. The summed E-state index contributed by atoms with van der Waals surface area (Å²) in [5, 5.41) is 0. The maximum atomic E-state index is 11.7. The third-order valence-corrected chi connectivity index (χ3v) is 4.90. The molecule has 33 heavy (non-hydrogen) atoms. The summed E-state index contributed by atoms with van der Waals surface area (Å²) in [5.74, 6) is 3.02. The van der Waals surface area contributed by atoms with E-state index >= 15 is 0 Å². The zero-order valence-corrected chi connectivity index (χ0v) is 19.4. The van der Waals surface area contributed by atoms with E-state index < -0.39 is 0 Å². The molecule has 0 aliphatic rings. The largest absolute Gasteiger partial charge is 0.493 e. The van der Waals surface area contributed by atoms with Crippen LogP contribution in [0.5, 0.6) is 23.0 Å². The number of benzene rings is 3. The number of rotatable bonds is 13. The predicted molar refractivity (Wildman–Crippen MR) is 129 cm³/mol. The minimum Gasteiger partial charge on any atom is -0.493 e. The monoisotopic (exact) mass is 448 g/mol. The van der Waals surface area contributed by atoms with Crippen LogP contribution in [0.4, 0.5) is 0 Å². The van der Waals surface area contributed by atoms with Crippen molar-refractivity contribution in [1.82, 2.24) is 0 Å². The van der Waals surface area contributed by atoms with E-state index in [1.165, 1.54) is 0 Å². The Bertz CT molecular complexity index is 1000. The molecule has 0 heterocycles. The van der Waals surface area contributed by atoms with Gasteiger partial charge < -0.3 is 18.9 Å². The van der Waals surface area contributed by atoms with Gasteiger partial charge in [0.15, 0.2) is 0 Å². The Labute approximate surface area is 196 Å². The molecule has 0 bridgehead atoms. The molecular weight excluding hydrogens is 416 g/mol. The normalized spacial score (nSPS) is 10.5. The molecule has 3 aromatic rings. The van der Waals surface area contributed by atoms with Gasteiger partial charge in [0.25, 0.3) is 0 Å². The first-order valence-corrected chi connectivity index (χ1v) is 11.5. The van der Waals surface area contributed by atoms with Gasteiger partial charge in [0.1, 0.15) is 23.0 Å². The third-order valence-electron chi connectivity index (χ3n) is 4.90. The number of hydrogen-bond acceptors (Lipinski definition) is 5. The minimum atomic E-state index is -0.230. The van der Waals surface area contributed by atoms with E-state index in [0.717, 1.165) is 53.4 Å². The number of esters is 1. The number of carbonyl (C=O) groups excluding carboxylic acids is 1. The summed E-state index contributed by atoms with van der Waals surface area (Å²) in [6, 6.07) is 23.3. The van der Waals surface area contributed by atoms with Gasteiger partial charge in [-0.1, -0.05) is 43.7 Å². The minimum absolute atomic E-state index is 0.230. The molecule has 0 radical (unpaired) electrons. The second-order valence-electron chi connectivity index (χ2n) is 7.61. The van der Waals surface area contributed by atoms with Crippen molar-refractivity contribution >= 4 is 5.97 Å². The first-order valence-electron chi connectivity index (χ1n) is 11.5. The average Bonchev–Trinajstić information content (AvgIpc) is 2.81. The molecule has 5 nitrogen and oxygen atoms in total. The summed E-state index contributed by atoms with van der Waals surface area (Å²) in [6.07, 6.45) is 2.94. The van der Waals surface area contributed by atoms with E-state index in [9.17, 15) is 4.79 Å². The van der Waals surface area contributed by atoms with Gasteiger partial charge in [-0.05, 0) is 66.9 Å². The first kappa shape index (κ1) is 24.2. The summed E-state index contributed by atoms with van der Waals surface area (Å²) in [5.41, 5.74) is 2.02. The van der Waals surface area contributed by atoms with E-state index in [1.807, 2.05) is 66.7 Å². The third kappa shape index (κ3) is 8.19. The Hall–Kier alpha value is -3.47. The van der Waals surface area contributed by atoms with E-state index in [0.29, 0.717) is 19.8 Å². The van der Waals surface area contributed by atoms with Gasteiger partial charge in [-0.25, -0.2) is 0 Å². The molecule has 0 spiro atoms. The van der Waals surface area contributed by atoms with Crippen molar-refractivity contribution in [2.24, 2.45) is 0 Å². The van der Waals surface area contributed by atoms with Gasteiger partial charge in [0.2, 0.25) is 0 Å². The lowest BCUT2D eigenvalue weighted by atomic mass is 10.1. The summed E-state index contributed by atoms with van der Waals surface area (Å²) in [7, 11) is 0.